The van der Waals surface area contributed by atoms with E-state index in [0.717, 1.165) is 0 Å². The summed E-state index contributed by atoms with van der Waals surface area (Å²) in [6.45, 7) is 5.92. The van der Waals surface area contributed by atoms with Gasteiger partial charge in [-0.3, -0.25) is 19.4 Å². The van der Waals surface area contributed by atoms with Gasteiger partial charge in [0.15, 0.2) is 0 Å². The van der Waals surface area contributed by atoms with Crippen molar-refractivity contribution in [1.29, 1.82) is 0 Å². The van der Waals surface area contributed by atoms with Crippen LogP contribution < -0.4 is 10.6 Å². The minimum atomic E-state index is -0.301. The molecular formula is C17H24N4O3. The van der Waals surface area contributed by atoms with Gasteiger partial charge in [0.1, 0.15) is 0 Å². The normalized spacial score (nSPS) is 17.2. The molecule has 0 bridgehead atoms. The van der Waals surface area contributed by atoms with Crippen molar-refractivity contribution in [2.75, 3.05) is 26.2 Å². The second-order valence-corrected chi connectivity index (χ2v) is 6.38. The Kier molecular flexibility index (Phi) is 6.28. The van der Waals surface area contributed by atoms with Gasteiger partial charge in [0.05, 0.1) is 11.5 Å². The van der Waals surface area contributed by atoms with Gasteiger partial charge in [0.2, 0.25) is 11.8 Å². The van der Waals surface area contributed by atoms with E-state index < -0.39 is 0 Å². The monoisotopic (exact) mass is 332 g/mol. The first kappa shape index (κ1) is 17.9. The second kappa shape index (κ2) is 8.42. The molecular weight excluding hydrogens is 308 g/mol. The fourth-order valence-electron chi connectivity index (χ4n) is 2.67. The number of rotatable bonds is 7. The average Bonchev–Trinajstić information content (AvgIpc) is 2.92. The Bertz CT molecular complexity index is 589. The van der Waals surface area contributed by atoms with Crippen LogP contribution in [0.15, 0.2) is 24.5 Å². The molecule has 0 unspecified atom stereocenters. The summed E-state index contributed by atoms with van der Waals surface area (Å²) < 4.78 is 0. The lowest BCUT2D eigenvalue weighted by atomic mass is 10.1. The molecule has 1 atom stereocenters. The van der Waals surface area contributed by atoms with Gasteiger partial charge in [0.25, 0.3) is 5.91 Å². The van der Waals surface area contributed by atoms with E-state index in [2.05, 4.69) is 15.6 Å². The van der Waals surface area contributed by atoms with E-state index in [-0.39, 0.29) is 30.1 Å². The summed E-state index contributed by atoms with van der Waals surface area (Å²) in [4.78, 5) is 41.5. The Balaban J connectivity index is 1.68. The molecule has 7 heteroatoms. The van der Waals surface area contributed by atoms with Crippen LogP contribution in [-0.2, 0) is 9.59 Å². The maximum absolute atomic E-state index is 12.1. The van der Waals surface area contributed by atoms with Gasteiger partial charge in [-0.2, -0.15) is 0 Å². The highest BCUT2D eigenvalue weighted by Crippen LogP contribution is 2.18. The number of pyridine rings is 1. The first-order chi connectivity index (χ1) is 11.5. The third-order valence-corrected chi connectivity index (χ3v) is 3.80. The maximum Gasteiger partial charge on any atom is 0.252 e. The summed E-state index contributed by atoms with van der Waals surface area (Å²) in [5, 5.41) is 5.50. The maximum atomic E-state index is 12.1. The van der Waals surface area contributed by atoms with Crippen LogP contribution in [0.25, 0.3) is 0 Å². The van der Waals surface area contributed by atoms with E-state index in [1.54, 1.807) is 23.2 Å². The molecule has 24 heavy (non-hydrogen) atoms. The quantitative estimate of drug-likeness (QED) is 0.709. The number of nitrogens with zero attached hydrogens (tertiary/aromatic N) is 2. The third kappa shape index (κ3) is 5.04. The van der Waals surface area contributed by atoms with Crippen LogP contribution in [0.4, 0.5) is 0 Å². The van der Waals surface area contributed by atoms with Crippen molar-refractivity contribution in [2.45, 2.75) is 20.3 Å². The summed E-state index contributed by atoms with van der Waals surface area (Å²) in [6.07, 6.45) is 3.35. The van der Waals surface area contributed by atoms with E-state index in [1.807, 2.05) is 13.8 Å². The average molecular weight is 332 g/mol. The summed E-state index contributed by atoms with van der Waals surface area (Å²) in [7, 11) is 0. The van der Waals surface area contributed by atoms with Crippen LogP contribution in [0.5, 0.6) is 0 Å². The number of nitrogens with one attached hydrogen (secondary N) is 2. The molecule has 0 aliphatic carbocycles. The number of hydrogen-bond donors (Lipinski definition) is 2. The number of likely N-dealkylation sites (tertiary alicyclic amines) is 1. The predicted molar refractivity (Wildman–Crippen MR) is 89.1 cm³/mol. The predicted octanol–water partition coefficient (Wildman–Crippen LogP) is 0.432. The topological polar surface area (TPSA) is 91.4 Å². The Hall–Kier alpha value is -2.44. The molecule has 1 aliphatic heterocycles. The Morgan fingerprint density at radius 3 is 2.75 bits per heavy atom. The van der Waals surface area contributed by atoms with Gasteiger partial charge in [-0.25, -0.2) is 0 Å². The van der Waals surface area contributed by atoms with Crippen LogP contribution in [0.2, 0.25) is 0 Å². The molecule has 0 spiro atoms. The summed E-state index contributed by atoms with van der Waals surface area (Å²) in [6, 6.07) is 3.37. The molecule has 1 aromatic rings. The lowest BCUT2D eigenvalue weighted by Crippen LogP contribution is -2.38. The van der Waals surface area contributed by atoms with Gasteiger partial charge in [0, 0.05) is 45.0 Å². The van der Waals surface area contributed by atoms with Crippen LogP contribution in [0, 0.1) is 11.8 Å². The minimum absolute atomic E-state index is 0.0359. The summed E-state index contributed by atoms with van der Waals surface area (Å²) in [5.74, 6) is -0.237. The third-order valence-electron chi connectivity index (χ3n) is 3.80. The molecule has 0 aromatic carbocycles. The zero-order chi connectivity index (χ0) is 17.5. The summed E-state index contributed by atoms with van der Waals surface area (Å²) >= 11 is 0. The second-order valence-electron chi connectivity index (χ2n) is 6.38. The molecule has 2 heterocycles. The van der Waals surface area contributed by atoms with E-state index in [0.29, 0.717) is 37.7 Å². The molecule has 2 N–H and O–H groups in total. The zero-order valence-corrected chi connectivity index (χ0v) is 14.1. The largest absolute Gasteiger partial charge is 0.354 e. The van der Waals surface area contributed by atoms with Crippen molar-refractivity contribution in [3.63, 3.8) is 0 Å². The molecule has 0 radical (unpaired) electrons. The van der Waals surface area contributed by atoms with Crippen molar-refractivity contribution >= 4 is 17.7 Å². The molecule has 1 fully saturated rings. The number of hydrogen-bond acceptors (Lipinski definition) is 4. The molecule has 130 valence electrons. The fourth-order valence-corrected chi connectivity index (χ4v) is 2.67. The zero-order valence-electron chi connectivity index (χ0n) is 14.1. The van der Waals surface area contributed by atoms with Crippen LogP contribution in [-0.4, -0.2) is 53.8 Å². The standard InChI is InChI=1S/C17H24N4O3/c1-12(2)10-21-11-14(8-15(21)22)17(24)20-7-6-19-16(23)13-4-3-5-18-9-13/h3-5,9,12,14H,6-8,10-11H2,1-2H3,(H,19,23)(H,20,24)/t14-/m1/s1. The number of amides is 3. The first-order valence-electron chi connectivity index (χ1n) is 8.21. The van der Waals surface area contributed by atoms with Gasteiger partial charge < -0.3 is 15.5 Å². The molecule has 2 rings (SSSR count). The number of aromatic nitrogens is 1. The highest BCUT2D eigenvalue weighted by atomic mass is 16.2. The van der Waals surface area contributed by atoms with Crippen LogP contribution >= 0.6 is 0 Å². The fraction of sp³-hybridized carbons (Fsp3) is 0.529. The lowest BCUT2D eigenvalue weighted by Gasteiger charge is -2.18. The molecule has 1 aromatic heterocycles. The van der Waals surface area contributed by atoms with E-state index in [9.17, 15) is 14.4 Å². The SMILES string of the molecule is CC(C)CN1C[C@H](C(=O)NCCNC(=O)c2cccnc2)CC1=O. The van der Waals surface area contributed by atoms with Crippen molar-refractivity contribution in [1.82, 2.24) is 20.5 Å². The van der Waals surface area contributed by atoms with Crippen LogP contribution in [0.1, 0.15) is 30.6 Å². The molecule has 1 aliphatic rings. The minimum Gasteiger partial charge on any atom is -0.354 e. The van der Waals surface area contributed by atoms with Crippen molar-refractivity contribution in [3.8, 4) is 0 Å². The Labute approximate surface area is 141 Å². The Morgan fingerprint density at radius 2 is 2.08 bits per heavy atom. The summed E-state index contributed by atoms with van der Waals surface area (Å²) in [5.41, 5.74) is 0.481. The van der Waals surface area contributed by atoms with Crippen molar-refractivity contribution < 1.29 is 14.4 Å². The van der Waals surface area contributed by atoms with Gasteiger partial charge >= 0.3 is 0 Å². The Morgan fingerprint density at radius 1 is 1.33 bits per heavy atom. The number of carbonyl (C=O) groups excluding carboxylic acids is 3. The highest BCUT2D eigenvalue weighted by molar-refractivity contribution is 5.93. The molecule has 3 amide bonds. The van der Waals surface area contributed by atoms with Gasteiger partial charge in [-0.15, -0.1) is 0 Å². The lowest BCUT2D eigenvalue weighted by molar-refractivity contribution is -0.129. The van der Waals surface area contributed by atoms with Crippen LogP contribution in [0.3, 0.4) is 0 Å². The smallest absolute Gasteiger partial charge is 0.252 e. The van der Waals surface area contributed by atoms with Gasteiger partial charge in [-0.1, -0.05) is 13.8 Å². The molecule has 7 nitrogen and oxygen atoms in total. The van der Waals surface area contributed by atoms with Crippen molar-refractivity contribution in [2.24, 2.45) is 11.8 Å². The highest BCUT2D eigenvalue weighted by Gasteiger charge is 2.34. The van der Waals surface area contributed by atoms with E-state index in [4.69, 9.17) is 0 Å². The van der Waals surface area contributed by atoms with E-state index in [1.165, 1.54) is 6.20 Å². The van der Waals surface area contributed by atoms with E-state index >= 15 is 0 Å². The van der Waals surface area contributed by atoms with Gasteiger partial charge in [-0.05, 0) is 18.1 Å². The molecule has 0 saturated carbocycles. The number of carbonyl (C=O) groups is 3. The first-order valence-corrected chi connectivity index (χ1v) is 8.21. The van der Waals surface area contributed by atoms with Crippen molar-refractivity contribution in [3.05, 3.63) is 30.1 Å². The molecule has 1 saturated heterocycles.